The number of piperazine rings is 1. The third-order valence-electron chi connectivity index (χ3n) is 5.87. The smallest absolute Gasteiger partial charge is 0.260 e. The Labute approximate surface area is 216 Å². The number of nitrogen functional groups attached to an aromatic ring is 1. The summed E-state index contributed by atoms with van der Waals surface area (Å²) in [5.74, 6) is 0.611. The van der Waals surface area contributed by atoms with E-state index in [-0.39, 0.29) is 29.0 Å². The van der Waals surface area contributed by atoms with Crippen LogP contribution < -0.4 is 15.4 Å². The molecule has 1 saturated heterocycles. The van der Waals surface area contributed by atoms with Crippen LogP contribution in [0.3, 0.4) is 0 Å². The van der Waals surface area contributed by atoms with Gasteiger partial charge in [0.05, 0.1) is 21.8 Å². The molecule has 1 aliphatic rings. The predicted molar refractivity (Wildman–Crippen MR) is 138 cm³/mol. The van der Waals surface area contributed by atoms with Gasteiger partial charge >= 0.3 is 0 Å². The summed E-state index contributed by atoms with van der Waals surface area (Å²) >= 11 is 12.1. The van der Waals surface area contributed by atoms with Gasteiger partial charge in [-0.25, -0.2) is 14.4 Å². The third-order valence-corrected chi connectivity index (χ3v) is 6.43. The van der Waals surface area contributed by atoms with E-state index in [9.17, 15) is 9.18 Å². The highest BCUT2D eigenvalue weighted by atomic mass is 35.5. The van der Waals surface area contributed by atoms with E-state index in [1.165, 1.54) is 6.07 Å². The number of fused-ring (bicyclic) bond motifs is 1. The second-order valence-electron chi connectivity index (χ2n) is 8.18. The molecule has 3 heterocycles. The molecule has 4 aromatic rings. The number of benzene rings is 2. The zero-order valence-corrected chi connectivity index (χ0v) is 20.5. The Morgan fingerprint density at radius 2 is 1.72 bits per heavy atom. The monoisotopic (exact) mass is 526 g/mol. The molecule has 11 heteroatoms. The summed E-state index contributed by atoms with van der Waals surface area (Å²) in [4.78, 5) is 29.7. The highest BCUT2D eigenvalue weighted by Crippen LogP contribution is 2.32. The molecule has 0 spiro atoms. The molecule has 8 nitrogen and oxygen atoms in total. The average molecular weight is 527 g/mol. The molecule has 2 N–H and O–H groups in total. The number of nitrogens with zero attached hydrogens (tertiary/aromatic N) is 5. The van der Waals surface area contributed by atoms with Gasteiger partial charge in [-0.2, -0.15) is 4.98 Å². The van der Waals surface area contributed by atoms with Gasteiger partial charge in [0, 0.05) is 31.2 Å². The molecule has 5 rings (SSSR count). The zero-order chi connectivity index (χ0) is 25.2. The van der Waals surface area contributed by atoms with Crippen LogP contribution in [0.25, 0.3) is 22.3 Å². The first kappa shape index (κ1) is 24.0. The van der Waals surface area contributed by atoms with Crippen LogP contribution in [0.2, 0.25) is 10.0 Å². The molecule has 2 aromatic heterocycles. The Balaban J connectivity index is 1.33. The average Bonchev–Trinajstić information content (AvgIpc) is 2.88. The first-order valence-corrected chi connectivity index (χ1v) is 11.9. The SMILES string of the molecule is Nc1nc(N2CCN(C(=O)COc3ccc(Cl)cc3)CC2)c2nc(-c3c(F)cccc3Cl)ccc2n1. The van der Waals surface area contributed by atoms with Crippen LogP contribution in [0.15, 0.2) is 54.6 Å². The summed E-state index contributed by atoms with van der Waals surface area (Å²) in [6, 6.07) is 14.7. The maximum absolute atomic E-state index is 14.5. The van der Waals surface area contributed by atoms with Crippen molar-refractivity contribution in [3.63, 3.8) is 0 Å². The van der Waals surface area contributed by atoms with E-state index in [1.54, 1.807) is 53.4 Å². The molecule has 0 bridgehead atoms. The zero-order valence-electron chi connectivity index (χ0n) is 19.0. The molecule has 1 amide bonds. The van der Waals surface area contributed by atoms with Crippen molar-refractivity contribution in [1.29, 1.82) is 0 Å². The van der Waals surface area contributed by atoms with Gasteiger partial charge in [-0.05, 0) is 48.5 Å². The molecule has 0 radical (unpaired) electrons. The number of halogens is 3. The van der Waals surface area contributed by atoms with Crippen LogP contribution in [0.1, 0.15) is 0 Å². The van der Waals surface area contributed by atoms with Crippen LogP contribution in [0, 0.1) is 5.82 Å². The predicted octanol–water partition coefficient (Wildman–Crippen LogP) is 4.45. The van der Waals surface area contributed by atoms with Crippen LogP contribution >= 0.6 is 23.2 Å². The number of rotatable bonds is 5. The molecular weight excluding hydrogens is 506 g/mol. The summed E-state index contributed by atoms with van der Waals surface area (Å²) in [6.07, 6.45) is 0. The standard InChI is InChI=1S/C25H21Cl2FN6O2/c26-15-4-6-16(7-5-15)36-14-21(35)33-10-12-34(13-11-33)24-23-20(31-25(29)32-24)9-8-19(30-23)22-17(27)2-1-3-18(22)28/h1-9H,10-14H2,(H2,29,31,32). The Morgan fingerprint density at radius 1 is 0.972 bits per heavy atom. The molecule has 2 aromatic carbocycles. The Morgan fingerprint density at radius 3 is 2.44 bits per heavy atom. The quantitative estimate of drug-likeness (QED) is 0.410. The summed E-state index contributed by atoms with van der Waals surface area (Å²) in [5.41, 5.74) is 7.55. The minimum Gasteiger partial charge on any atom is -0.484 e. The number of amides is 1. The number of ether oxygens (including phenoxy) is 1. The molecule has 1 fully saturated rings. The van der Waals surface area contributed by atoms with E-state index in [4.69, 9.17) is 33.7 Å². The van der Waals surface area contributed by atoms with Gasteiger partial charge in [-0.15, -0.1) is 0 Å². The van der Waals surface area contributed by atoms with E-state index in [0.717, 1.165) is 0 Å². The molecule has 36 heavy (non-hydrogen) atoms. The van der Waals surface area contributed by atoms with Gasteiger partial charge in [0.25, 0.3) is 5.91 Å². The molecule has 0 unspecified atom stereocenters. The second kappa shape index (κ2) is 10.1. The van der Waals surface area contributed by atoms with Gasteiger partial charge in [-0.3, -0.25) is 4.79 Å². The lowest BCUT2D eigenvalue weighted by Crippen LogP contribution is -2.50. The first-order chi connectivity index (χ1) is 17.4. The summed E-state index contributed by atoms with van der Waals surface area (Å²) in [6.45, 7) is 1.87. The minimum absolute atomic E-state index is 0.0701. The van der Waals surface area contributed by atoms with Gasteiger partial charge in [0.1, 0.15) is 17.1 Å². The van der Waals surface area contributed by atoms with Crippen LogP contribution in [0.5, 0.6) is 5.75 Å². The number of hydrogen-bond acceptors (Lipinski definition) is 7. The highest BCUT2D eigenvalue weighted by Gasteiger charge is 2.25. The highest BCUT2D eigenvalue weighted by molar-refractivity contribution is 6.33. The van der Waals surface area contributed by atoms with Gasteiger partial charge < -0.3 is 20.3 Å². The Kier molecular flexibility index (Phi) is 6.75. The van der Waals surface area contributed by atoms with Crippen molar-refractivity contribution in [2.75, 3.05) is 43.4 Å². The van der Waals surface area contributed by atoms with Crippen molar-refractivity contribution in [1.82, 2.24) is 19.9 Å². The number of hydrogen-bond donors (Lipinski definition) is 1. The van der Waals surface area contributed by atoms with Gasteiger partial charge in [-0.1, -0.05) is 29.3 Å². The van der Waals surface area contributed by atoms with E-state index >= 15 is 0 Å². The molecule has 0 saturated carbocycles. The fraction of sp³-hybridized carbons (Fsp3) is 0.200. The second-order valence-corrected chi connectivity index (χ2v) is 9.02. The molecule has 0 atom stereocenters. The molecular formula is C25H21Cl2FN6O2. The van der Waals surface area contributed by atoms with Crippen LogP contribution in [-0.4, -0.2) is 58.5 Å². The number of pyridine rings is 1. The largest absolute Gasteiger partial charge is 0.484 e. The normalized spacial score (nSPS) is 13.8. The molecule has 1 aliphatic heterocycles. The first-order valence-electron chi connectivity index (χ1n) is 11.2. The van der Waals surface area contributed by atoms with Crippen molar-refractivity contribution in [2.45, 2.75) is 0 Å². The van der Waals surface area contributed by atoms with Crippen molar-refractivity contribution in [3.05, 3.63) is 70.5 Å². The third kappa shape index (κ3) is 4.98. The summed E-state index contributed by atoms with van der Waals surface area (Å²) in [5, 5.41) is 0.856. The fourth-order valence-corrected chi connectivity index (χ4v) is 4.44. The van der Waals surface area contributed by atoms with Crippen LogP contribution in [0.4, 0.5) is 16.2 Å². The number of aromatic nitrogens is 3. The van der Waals surface area contributed by atoms with E-state index in [2.05, 4.69) is 15.0 Å². The van der Waals surface area contributed by atoms with E-state index in [0.29, 0.717) is 59.5 Å². The molecule has 184 valence electrons. The van der Waals surface area contributed by atoms with Gasteiger partial charge in [0.2, 0.25) is 5.95 Å². The van der Waals surface area contributed by atoms with Crippen LogP contribution in [-0.2, 0) is 4.79 Å². The fourth-order valence-electron chi connectivity index (χ4n) is 4.05. The minimum atomic E-state index is -0.472. The lowest BCUT2D eigenvalue weighted by molar-refractivity contribution is -0.133. The Hall–Kier alpha value is -3.69. The van der Waals surface area contributed by atoms with E-state index < -0.39 is 5.82 Å². The van der Waals surface area contributed by atoms with Crippen molar-refractivity contribution in [3.8, 4) is 17.0 Å². The van der Waals surface area contributed by atoms with Crippen molar-refractivity contribution in [2.24, 2.45) is 0 Å². The maximum atomic E-state index is 14.5. The van der Waals surface area contributed by atoms with E-state index in [1.807, 2.05) is 4.90 Å². The topological polar surface area (TPSA) is 97.5 Å². The number of anilines is 2. The van der Waals surface area contributed by atoms with Crippen molar-refractivity contribution >= 4 is 51.9 Å². The van der Waals surface area contributed by atoms with Crippen molar-refractivity contribution < 1.29 is 13.9 Å². The number of carbonyl (C=O) groups excluding carboxylic acids is 1. The number of nitrogens with two attached hydrogens (primary N) is 1. The lowest BCUT2D eigenvalue weighted by atomic mass is 10.1. The molecule has 0 aliphatic carbocycles. The summed E-state index contributed by atoms with van der Waals surface area (Å²) in [7, 11) is 0. The lowest BCUT2D eigenvalue weighted by Gasteiger charge is -2.35. The number of carbonyl (C=O) groups is 1. The Bertz CT molecular complexity index is 1410. The maximum Gasteiger partial charge on any atom is 0.260 e. The summed E-state index contributed by atoms with van der Waals surface area (Å²) < 4.78 is 20.1. The van der Waals surface area contributed by atoms with Gasteiger partial charge in [0.15, 0.2) is 12.4 Å².